The van der Waals surface area contributed by atoms with E-state index in [2.05, 4.69) is 45.0 Å². The lowest BCUT2D eigenvalue weighted by Crippen LogP contribution is -2.36. The van der Waals surface area contributed by atoms with E-state index in [0.29, 0.717) is 6.54 Å². The number of aromatic nitrogens is 1. The number of thiophene rings is 1. The second-order valence-corrected chi connectivity index (χ2v) is 6.04. The largest absolute Gasteiger partial charge is 0.363 e. The Hall–Kier alpha value is -1.35. The Balaban J connectivity index is 0.00000264. The first kappa shape index (κ1) is 19.7. The summed E-state index contributed by atoms with van der Waals surface area (Å²) in [6.45, 7) is 4.24. The van der Waals surface area contributed by atoms with Gasteiger partial charge in [-0.3, -0.25) is 0 Å². The molecule has 0 amide bonds. The summed E-state index contributed by atoms with van der Waals surface area (Å²) in [7, 11) is 3.98. The zero-order valence-corrected chi connectivity index (χ0v) is 16.9. The van der Waals surface area contributed by atoms with Crippen molar-refractivity contribution in [1.82, 2.24) is 15.6 Å². The molecule has 0 fully saturated rings. The van der Waals surface area contributed by atoms with Crippen LogP contribution in [0.2, 0.25) is 0 Å². The Kier molecular flexibility index (Phi) is 8.93. The molecule has 0 aliphatic rings. The standard InChI is InChI=1S/C16H23N5S.HI/c1-4-17-16(19-12-14-8-6-10-22-14)18-11-13-7-5-9-15(20-13)21(2)3;/h5-10H,4,11-12H2,1-3H3,(H2,17,18,19);1H. The van der Waals surface area contributed by atoms with Gasteiger partial charge in [0.2, 0.25) is 0 Å². The highest BCUT2D eigenvalue weighted by Crippen LogP contribution is 2.09. The SMILES string of the molecule is CCNC(=NCc1cccc(N(C)C)n1)NCc1cccs1.I. The van der Waals surface area contributed by atoms with Gasteiger partial charge in [-0.25, -0.2) is 9.98 Å². The van der Waals surface area contributed by atoms with Crippen LogP contribution in [0.25, 0.3) is 0 Å². The average molecular weight is 445 g/mol. The number of halogens is 1. The third-order valence-corrected chi connectivity index (χ3v) is 3.88. The molecule has 2 heterocycles. The molecule has 0 aliphatic heterocycles. The maximum atomic E-state index is 4.60. The number of nitrogens with zero attached hydrogens (tertiary/aromatic N) is 3. The van der Waals surface area contributed by atoms with E-state index < -0.39 is 0 Å². The van der Waals surface area contributed by atoms with Gasteiger partial charge in [0.05, 0.1) is 18.8 Å². The number of rotatable bonds is 6. The Bertz CT molecular complexity index is 598. The van der Waals surface area contributed by atoms with Crippen molar-refractivity contribution in [2.24, 2.45) is 4.99 Å². The molecule has 2 aromatic rings. The highest BCUT2D eigenvalue weighted by atomic mass is 127. The zero-order valence-electron chi connectivity index (χ0n) is 13.7. The lowest BCUT2D eigenvalue weighted by atomic mass is 10.3. The molecule has 0 spiro atoms. The summed E-state index contributed by atoms with van der Waals surface area (Å²) in [6, 6.07) is 10.2. The quantitative estimate of drug-likeness (QED) is 0.408. The molecule has 0 radical (unpaired) electrons. The van der Waals surface area contributed by atoms with Gasteiger partial charge in [-0.15, -0.1) is 35.3 Å². The topological polar surface area (TPSA) is 52.6 Å². The van der Waals surface area contributed by atoms with Crippen LogP contribution in [0, 0.1) is 0 Å². The van der Waals surface area contributed by atoms with Crippen molar-refractivity contribution in [1.29, 1.82) is 0 Å². The minimum atomic E-state index is 0. The minimum absolute atomic E-state index is 0. The van der Waals surface area contributed by atoms with Crippen molar-refractivity contribution < 1.29 is 0 Å². The monoisotopic (exact) mass is 445 g/mol. The number of anilines is 1. The van der Waals surface area contributed by atoms with Crippen LogP contribution < -0.4 is 15.5 Å². The predicted octanol–water partition coefficient (Wildman–Crippen LogP) is 3.08. The average Bonchev–Trinajstić information content (AvgIpc) is 3.03. The van der Waals surface area contributed by atoms with E-state index in [9.17, 15) is 0 Å². The lowest BCUT2D eigenvalue weighted by molar-refractivity contribution is 0.818. The molecule has 2 aromatic heterocycles. The summed E-state index contributed by atoms with van der Waals surface area (Å²) in [6.07, 6.45) is 0. The Morgan fingerprint density at radius 3 is 2.70 bits per heavy atom. The Labute approximate surface area is 159 Å². The predicted molar refractivity (Wildman–Crippen MR) is 110 cm³/mol. The number of nitrogens with one attached hydrogen (secondary N) is 2. The van der Waals surface area contributed by atoms with Crippen LogP contribution in [0.3, 0.4) is 0 Å². The number of hydrogen-bond donors (Lipinski definition) is 2. The van der Waals surface area contributed by atoms with Gasteiger partial charge in [0.15, 0.2) is 5.96 Å². The van der Waals surface area contributed by atoms with E-state index in [4.69, 9.17) is 0 Å². The number of pyridine rings is 1. The fraction of sp³-hybridized carbons (Fsp3) is 0.375. The van der Waals surface area contributed by atoms with Crippen molar-refractivity contribution in [3.8, 4) is 0 Å². The van der Waals surface area contributed by atoms with Crippen LogP contribution in [-0.2, 0) is 13.1 Å². The molecule has 5 nitrogen and oxygen atoms in total. The van der Waals surface area contributed by atoms with E-state index in [1.54, 1.807) is 11.3 Å². The van der Waals surface area contributed by atoms with Gasteiger partial charge in [0, 0.05) is 25.5 Å². The summed E-state index contributed by atoms with van der Waals surface area (Å²) in [5, 5.41) is 8.68. The normalized spacial score (nSPS) is 10.8. The smallest absolute Gasteiger partial charge is 0.191 e. The summed E-state index contributed by atoms with van der Waals surface area (Å²) in [5.41, 5.74) is 0.958. The van der Waals surface area contributed by atoms with Gasteiger partial charge in [0.25, 0.3) is 0 Å². The molecule has 0 saturated heterocycles. The molecule has 0 atom stereocenters. The Morgan fingerprint density at radius 1 is 1.22 bits per heavy atom. The first-order chi connectivity index (χ1) is 10.7. The van der Waals surface area contributed by atoms with Crippen molar-refractivity contribution in [3.63, 3.8) is 0 Å². The molecule has 0 saturated carbocycles. The maximum absolute atomic E-state index is 4.60. The molecule has 2 N–H and O–H groups in total. The fourth-order valence-corrected chi connectivity index (χ4v) is 2.53. The maximum Gasteiger partial charge on any atom is 0.191 e. The van der Waals surface area contributed by atoms with E-state index in [-0.39, 0.29) is 24.0 Å². The van der Waals surface area contributed by atoms with Crippen molar-refractivity contribution >= 4 is 47.1 Å². The molecular formula is C16H24IN5S. The van der Waals surface area contributed by atoms with Crippen molar-refractivity contribution in [2.75, 3.05) is 25.5 Å². The zero-order chi connectivity index (χ0) is 15.8. The second kappa shape index (κ2) is 10.4. The summed E-state index contributed by atoms with van der Waals surface area (Å²) >= 11 is 1.74. The molecule has 0 aromatic carbocycles. The van der Waals surface area contributed by atoms with Gasteiger partial charge in [-0.05, 0) is 30.5 Å². The van der Waals surface area contributed by atoms with E-state index >= 15 is 0 Å². The van der Waals surface area contributed by atoms with E-state index in [1.807, 2.05) is 37.2 Å². The fourth-order valence-electron chi connectivity index (χ4n) is 1.89. The van der Waals surface area contributed by atoms with Gasteiger partial charge in [-0.2, -0.15) is 0 Å². The van der Waals surface area contributed by atoms with Crippen LogP contribution in [0.4, 0.5) is 5.82 Å². The summed E-state index contributed by atoms with van der Waals surface area (Å²) in [4.78, 5) is 12.5. The van der Waals surface area contributed by atoms with Crippen LogP contribution in [0.15, 0.2) is 40.7 Å². The van der Waals surface area contributed by atoms with Crippen molar-refractivity contribution in [2.45, 2.75) is 20.0 Å². The van der Waals surface area contributed by atoms with Gasteiger partial charge in [-0.1, -0.05) is 12.1 Å². The first-order valence-electron chi connectivity index (χ1n) is 7.37. The molecule has 0 unspecified atom stereocenters. The van der Waals surface area contributed by atoms with E-state index in [1.165, 1.54) is 4.88 Å². The van der Waals surface area contributed by atoms with Crippen LogP contribution >= 0.6 is 35.3 Å². The molecular weight excluding hydrogens is 421 g/mol. The molecule has 2 rings (SSSR count). The first-order valence-corrected chi connectivity index (χ1v) is 8.25. The second-order valence-electron chi connectivity index (χ2n) is 5.01. The summed E-state index contributed by atoms with van der Waals surface area (Å²) in [5.74, 6) is 1.76. The number of aliphatic imine (C=N–C) groups is 1. The molecule has 7 heteroatoms. The van der Waals surface area contributed by atoms with Crippen molar-refractivity contribution in [3.05, 3.63) is 46.3 Å². The van der Waals surface area contributed by atoms with Gasteiger partial charge >= 0.3 is 0 Å². The molecule has 0 bridgehead atoms. The summed E-state index contributed by atoms with van der Waals surface area (Å²) < 4.78 is 0. The van der Waals surface area contributed by atoms with Gasteiger partial charge in [0.1, 0.15) is 5.82 Å². The highest BCUT2D eigenvalue weighted by Gasteiger charge is 2.01. The van der Waals surface area contributed by atoms with Crippen LogP contribution in [0.1, 0.15) is 17.5 Å². The third kappa shape index (κ3) is 6.74. The minimum Gasteiger partial charge on any atom is -0.363 e. The number of hydrogen-bond acceptors (Lipinski definition) is 4. The molecule has 126 valence electrons. The van der Waals surface area contributed by atoms with Gasteiger partial charge < -0.3 is 15.5 Å². The molecule has 23 heavy (non-hydrogen) atoms. The van der Waals surface area contributed by atoms with Crippen LogP contribution in [0.5, 0.6) is 0 Å². The highest BCUT2D eigenvalue weighted by molar-refractivity contribution is 14.0. The third-order valence-electron chi connectivity index (χ3n) is 3.00. The lowest BCUT2D eigenvalue weighted by Gasteiger charge is -2.12. The number of guanidine groups is 1. The Morgan fingerprint density at radius 2 is 2.04 bits per heavy atom. The molecule has 0 aliphatic carbocycles. The van der Waals surface area contributed by atoms with Crippen LogP contribution in [-0.4, -0.2) is 31.6 Å². The van der Waals surface area contributed by atoms with E-state index in [0.717, 1.165) is 30.6 Å².